The molecule has 0 amide bonds. The number of nitrogens with one attached hydrogen (secondary N) is 1. The van der Waals surface area contributed by atoms with Crippen LogP contribution in [0.5, 0.6) is 0 Å². The molecule has 1 aromatic rings. The van der Waals surface area contributed by atoms with Crippen molar-refractivity contribution in [3.63, 3.8) is 0 Å². The van der Waals surface area contributed by atoms with E-state index in [0.717, 1.165) is 31.9 Å². The third-order valence-electron chi connectivity index (χ3n) is 2.20. The summed E-state index contributed by atoms with van der Waals surface area (Å²) in [4.78, 5) is 9.96. The van der Waals surface area contributed by atoms with Gasteiger partial charge in [-0.1, -0.05) is 13.2 Å². The third kappa shape index (κ3) is 4.70. The van der Waals surface area contributed by atoms with E-state index in [9.17, 15) is 0 Å². The summed E-state index contributed by atoms with van der Waals surface area (Å²) in [6, 6.07) is 0. The summed E-state index contributed by atoms with van der Waals surface area (Å²) >= 11 is 0. The first kappa shape index (κ1) is 12.4. The molecule has 4 nitrogen and oxygen atoms in total. The molecule has 0 atom stereocenters. The van der Waals surface area contributed by atoms with E-state index in [0.29, 0.717) is 0 Å². The van der Waals surface area contributed by atoms with Gasteiger partial charge in [0, 0.05) is 38.6 Å². The lowest BCUT2D eigenvalue weighted by atomic mass is 10.4. The van der Waals surface area contributed by atoms with Crippen LogP contribution in [-0.2, 0) is 0 Å². The number of piperazine rings is 1. The zero-order valence-electron chi connectivity index (χ0n) is 9.47. The third-order valence-corrected chi connectivity index (χ3v) is 2.20. The summed E-state index contributed by atoms with van der Waals surface area (Å²) in [7, 11) is 0. The molecule has 2 heterocycles. The largest absolute Gasteiger partial charge is 0.375 e. The van der Waals surface area contributed by atoms with Gasteiger partial charge in [0.1, 0.15) is 0 Å². The Morgan fingerprint density at radius 1 is 1.25 bits per heavy atom. The lowest BCUT2D eigenvalue weighted by Gasteiger charge is -2.24. The maximum Gasteiger partial charge on any atom is 0.0807 e. The van der Waals surface area contributed by atoms with Gasteiger partial charge >= 0.3 is 0 Å². The first-order valence-electron chi connectivity index (χ1n) is 5.32. The number of nitrogens with zero attached hydrogens (tertiary/aromatic N) is 3. The van der Waals surface area contributed by atoms with Crippen molar-refractivity contribution in [1.82, 2.24) is 20.2 Å². The molecule has 0 saturated carbocycles. The highest BCUT2D eigenvalue weighted by Crippen LogP contribution is 1.89. The van der Waals surface area contributed by atoms with Crippen LogP contribution in [0, 0.1) is 0 Å². The van der Waals surface area contributed by atoms with Crippen LogP contribution in [0.25, 0.3) is 6.08 Å². The molecule has 1 fully saturated rings. The van der Waals surface area contributed by atoms with Gasteiger partial charge in [-0.15, -0.1) is 0 Å². The smallest absolute Gasteiger partial charge is 0.0807 e. The van der Waals surface area contributed by atoms with E-state index in [-0.39, 0.29) is 0 Å². The summed E-state index contributed by atoms with van der Waals surface area (Å²) < 4.78 is 0. The van der Waals surface area contributed by atoms with Gasteiger partial charge in [-0.2, -0.15) is 0 Å². The first-order chi connectivity index (χ1) is 7.86. The second-order valence-corrected chi connectivity index (χ2v) is 3.30. The lowest BCUT2D eigenvalue weighted by molar-refractivity contribution is 0.325. The molecule has 1 saturated heterocycles. The van der Waals surface area contributed by atoms with Crippen LogP contribution in [0.3, 0.4) is 0 Å². The van der Waals surface area contributed by atoms with Gasteiger partial charge in [0.15, 0.2) is 0 Å². The molecule has 86 valence electrons. The van der Waals surface area contributed by atoms with E-state index in [2.05, 4.69) is 33.3 Å². The van der Waals surface area contributed by atoms with Gasteiger partial charge < -0.3 is 10.2 Å². The van der Waals surface area contributed by atoms with Crippen molar-refractivity contribution < 1.29 is 0 Å². The van der Waals surface area contributed by atoms with Gasteiger partial charge in [-0.05, 0) is 12.3 Å². The average molecular weight is 218 g/mol. The monoisotopic (exact) mass is 218 g/mol. The minimum atomic E-state index is 0.813. The molecule has 1 aliphatic heterocycles. The Morgan fingerprint density at radius 3 is 2.38 bits per heavy atom. The van der Waals surface area contributed by atoms with Crippen LogP contribution in [0.4, 0.5) is 0 Å². The zero-order chi connectivity index (χ0) is 11.6. The van der Waals surface area contributed by atoms with Crippen LogP contribution < -0.4 is 5.32 Å². The van der Waals surface area contributed by atoms with Crippen molar-refractivity contribution in [2.75, 3.05) is 26.2 Å². The second kappa shape index (κ2) is 7.59. The molecule has 2 rings (SSSR count). The highest BCUT2D eigenvalue weighted by atomic mass is 15.2. The molecule has 0 aromatic carbocycles. The van der Waals surface area contributed by atoms with Gasteiger partial charge in [0.25, 0.3) is 0 Å². The van der Waals surface area contributed by atoms with Crippen LogP contribution in [0.1, 0.15) is 5.69 Å². The van der Waals surface area contributed by atoms with E-state index in [1.165, 1.54) is 0 Å². The summed E-state index contributed by atoms with van der Waals surface area (Å²) in [6.45, 7) is 11.6. The molecule has 0 bridgehead atoms. The maximum atomic E-state index is 3.92. The fourth-order valence-electron chi connectivity index (χ4n) is 1.28. The Morgan fingerprint density at radius 2 is 2.00 bits per heavy atom. The van der Waals surface area contributed by atoms with Crippen molar-refractivity contribution in [1.29, 1.82) is 0 Å². The van der Waals surface area contributed by atoms with Crippen molar-refractivity contribution in [3.8, 4) is 0 Å². The predicted octanol–water partition coefficient (Wildman–Crippen LogP) is 1.15. The molecular weight excluding hydrogens is 200 g/mol. The van der Waals surface area contributed by atoms with Gasteiger partial charge in [0.2, 0.25) is 0 Å². The van der Waals surface area contributed by atoms with Crippen LogP contribution in [0.15, 0.2) is 37.9 Å². The molecule has 0 aliphatic carbocycles. The average Bonchev–Trinajstić information content (AvgIpc) is 2.41. The lowest BCUT2D eigenvalue weighted by Crippen LogP contribution is -2.40. The Balaban J connectivity index is 0.000000160. The van der Waals surface area contributed by atoms with Gasteiger partial charge in [0.05, 0.1) is 11.9 Å². The minimum Gasteiger partial charge on any atom is -0.375 e. The zero-order valence-corrected chi connectivity index (χ0v) is 9.47. The number of hydrogen-bond donors (Lipinski definition) is 1. The summed E-state index contributed by atoms with van der Waals surface area (Å²) in [5.74, 6) is 0. The van der Waals surface area contributed by atoms with Crippen molar-refractivity contribution >= 4 is 6.08 Å². The van der Waals surface area contributed by atoms with Gasteiger partial charge in [-0.3, -0.25) is 9.97 Å². The van der Waals surface area contributed by atoms with E-state index in [1.54, 1.807) is 24.7 Å². The van der Waals surface area contributed by atoms with E-state index >= 15 is 0 Å². The van der Waals surface area contributed by atoms with Crippen LogP contribution >= 0.6 is 0 Å². The summed E-state index contributed by atoms with van der Waals surface area (Å²) in [6.07, 6.45) is 8.49. The van der Waals surface area contributed by atoms with E-state index < -0.39 is 0 Å². The first-order valence-corrected chi connectivity index (χ1v) is 5.32. The molecule has 1 N–H and O–H groups in total. The van der Waals surface area contributed by atoms with E-state index in [4.69, 9.17) is 0 Å². The number of rotatable bonds is 2. The topological polar surface area (TPSA) is 41.0 Å². The molecule has 4 heteroatoms. The number of hydrogen-bond acceptors (Lipinski definition) is 4. The molecule has 1 aliphatic rings. The Labute approximate surface area is 96.7 Å². The van der Waals surface area contributed by atoms with Crippen LogP contribution in [-0.4, -0.2) is 41.0 Å². The molecule has 0 unspecified atom stereocenters. The second-order valence-electron chi connectivity index (χ2n) is 3.30. The molecule has 0 spiro atoms. The van der Waals surface area contributed by atoms with E-state index in [1.807, 2.05) is 6.20 Å². The fraction of sp³-hybridized carbons (Fsp3) is 0.333. The van der Waals surface area contributed by atoms with Crippen molar-refractivity contribution in [2.45, 2.75) is 0 Å². The Hall–Kier alpha value is -1.68. The Kier molecular flexibility index (Phi) is 5.88. The van der Waals surface area contributed by atoms with Crippen molar-refractivity contribution in [3.05, 3.63) is 43.6 Å². The molecular formula is C12H18N4. The van der Waals surface area contributed by atoms with Crippen molar-refractivity contribution in [2.24, 2.45) is 0 Å². The van der Waals surface area contributed by atoms with Gasteiger partial charge in [-0.25, -0.2) is 0 Å². The standard InChI is InChI=1S/C6H12N2.C6H6N2/c1-2-8-5-3-7-4-6-8;1-2-6-5-7-3-4-8-6/h2,7H,1,3-6H2;2-5H,1H2. The predicted molar refractivity (Wildman–Crippen MR) is 66.8 cm³/mol. The maximum absolute atomic E-state index is 3.92. The molecule has 16 heavy (non-hydrogen) atoms. The Bertz CT molecular complexity index is 304. The summed E-state index contributed by atoms with van der Waals surface area (Å²) in [5, 5.41) is 3.26. The highest BCUT2D eigenvalue weighted by molar-refractivity contribution is 5.38. The molecule has 0 radical (unpaired) electrons. The SMILES string of the molecule is C=CN1CCNCC1.C=Cc1cnccn1. The number of aromatic nitrogens is 2. The summed E-state index contributed by atoms with van der Waals surface area (Å²) in [5.41, 5.74) is 0.813. The normalized spacial score (nSPS) is 14.6. The fourth-order valence-corrected chi connectivity index (χ4v) is 1.28. The highest BCUT2D eigenvalue weighted by Gasteiger charge is 2.01. The van der Waals surface area contributed by atoms with Crippen LogP contribution in [0.2, 0.25) is 0 Å². The molecule has 1 aromatic heterocycles. The quantitative estimate of drug-likeness (QED) is 0.808. The minimum absolute atomic E-state index is 0.813.